The fraction of sp³-hybridized carbons (Fsp3) is 0.692. The predicted molar refractivity (Wildman–Crippen MR) is 64.8 cm³/mol. The molecule has 2 atom stereocenters. The van der Waals surface area contributed by atoms with Crippen molar-refractivity contribution >= 4 is 0 Å². The van der Waals surface area contributed by atoms with Gasteiger partial charge in [-0.1, -0.05) is 6.92 Å². The zero-order valence-corrected chi connectivity index (χ0v) is 10.6. The molecule has 4 heteroatoms. The number of ether oxygens (including phenoxy) is 2. The molecule has 2 unspecified atom stereocenters. The van der Waals surface area contributed by atoms with E-state index >= 15 is 0 Å². The summed E-state index contributed by atoms with van der Waals surface area (Å²) in [7, 11) is 1.67. The van der Waals surface area contributed by atoms with Gasteiger partial charge in [0.25, 0.3) is 0 Å². The number of methoxy groups -OCH3 is 1. The monoisotopic (exact) mass is 239 g/mol. The second kappa shape index (κ2) is 6.19. The van der Waals surface area contributed by atoms with Gasteiger partial charge in [-0.3, -0.25) is 0 Å². The van der Waals surface area contributed by atoms with E-state index in [1.807, 2.05) is 12.1 Å². The maximum absolute atomic E-state index is 5.78. The average Bonchev–Trinajstić information content (AvgIpc) is 2.97. The normalized spacial score (nSPS) is 21.9. The fourth-order valence-corrected chi connectivity index (χ4v) is 2.28. The lowest BCUT2D eigenvalue weighted by Gasteiger charge is -2.21. The van der Waals surface area contributed by atoms with Crippen LogP contribution in [-0.2, 0) is 16.1 Å². The molecule has 1 aliphatic heterocycles. The van der Waals surface area contributed by atoms with E-state index in [2.05, 4.69) is 12.2 Å². The molecule has 0 spiro atoms. The van der Waals surface area contributed by atoms with Gasteiger partial charge in [-0.05, 0) is 31.5 Å². The molecule has 4 nitrogen and oxygen atoms in total. The summed E-state index contributed by atoms with van der Waals surface area (Å²) in [6.45, 7) is 4.38. The Hall–Kier alpha value is -0.840. The van der Waals surface area contributed by atoms with Crippen molar-refractivity contribution in [1.29, 1.82) is 0 Å². The summed E-state index contributed by atoms with van der Waals surface area (Å²) < 4.78 is 16.6. The Morgan fingerprint density at radius 3 is 3.06 bits per heavy atom. The molecule has 1 aliphatic rings. The predicted octanol–water partition coefficient (Wildman–Crippen LogP) is 2.26. The molecule has 2 heterocycles. The molecule has 0 bridgehead atoms. The van der Waals surface area contributed by atoms with Crippen LogP contribution in [0.25, 0.3) is 0 Å². The van der Waals surface area contributed by atoms with E-state index in [-0.39, 0.29) is 12.1 Å². The number of likely N-dealkylation sites (N-methyl/N-ethyl adjacent to an activating group) is 1. The Bertz CT molecular complexity index is 331. The minimum absolute atomic E-state index is 0.160. The molecule has 96 valence electrons. The van der Waals surface area contributed by atoms with Crippen molar-refractivity contribution < 1.29 is 13.9 Å². The highest BCUT2D eigenvalue weighted by Crippen LogP contribution is 2.28. The van der Waals surface area contributed by atoms with Crippen LogP contribution in [-0.4, -0.2) is 26.4 Å². The van der Waals surface area contributed by atoms with E-state index in [9.17, 15) is 0 Å². The Kier molecular flexibility index (Phi) is 4.59. The molecular formula is C13H21NO3. The van der Waals surface area contributed by atoms with E-state index in [1.54, 1.807) is 7.11 Å². The number of rotatable bonds is 6. The molecule has 0 saturated carbocycles. The highest BCUT2D eigenvalue weighted by atomic mass is 16.5. The van der Waals surface area contributed by atoms with Crippen LogP contribution in [0.3, 0.4) is 0 Å². The molecule has 1 aromatic heterocycles. The van der Waals surface area contributed by atoms with Gasteiger partial charge in [0.2, 0.25) is 0 Å². The maximum atomic E-state index is 5.78. The van der Waals surface area contributed by atoms with E-state index in [0.29, 0.717) is 6.61 Å². The summed E-state index contributed by atoms with van der Waals surface area (Å²) in [6.07, 6.45) is 2.47. The first-order chi connectivity index (χ1) is 8.35. The molecule has 0 aromatic carbocycles. The van der Waals surface area contributed by atoms with Crippen molar-refractivity contribution in [3.8, 4) is 0 Å². The van der Waals surface area contributed by atoms with E-state index in [4.69, 9.17) is 13.9 Å². The molecular weight excluding hydrogens is 218 g/mol. The van der Waals surface area contributed by atoms with E-state index < -0.39 is 0 Å². The first-order valence-corrected chi connectivity index (χ1v) is 6.27. The highest BCUT2D eigenvalue weighted by Gasteiger charge is 2.28. The molecule has 1 saturated heterocycles. The van der Waals surface area contributed by atoms with Crippen LogP contribution >= 0.6 is 0 Å². The van der Waals surface area contributed by atoms with Crippen LogP contribution < -0.4 is 5.32 Å². The van der Waals surface area contributed by atoms with Gasteiger partial charge in [0.15, 0.2) is 0 Å². The Morgan fingerprint density at radius 2 is 2.41 bits per heavy atom. The van der Waals surface area contributed by atoms with Crippen LogP contribution in [0, 0.1) is 0 Å². The van der Waals surface area contributed by atoms with Crippen LogP contribution in [0.4, 0.5) is 0 Å². The lowest BCUT2D eigenvalue weighted by molar-refractivity contribution is 0.0700. The maximum Gasteiger partial charge on any atom is 0.129 e. The summed E-state index contributed by atoms with van der Waals surface area (Å²) in [5, 5.41) is 3.44. The van der Waals surface area contributed by atoms with Crippen LogP contribution in [0.2, 0.25) is 0 Å². The second-order valence-corrected chi connectivity index (χ2v) is 4.32. The molecule has 1 fully saturated rings. The number of hydrogen-bond donors (Lipinski definition) is 1. The SMILES string of the molecule is CCNC(c1ccc(COC)o1)C1CCCO1. The van der Waals surface area contributed by atoms with E-state index in [1.165, 1.54) is 0 Å². The van der Waals surface area contributed by atoms with Crippen molar-refractivity contribution in [3.05, 3.63) is 23.7 Å². The Morgan fingerprint density at radius 1 is 1.53 bits per heavy atom. The molecule has 0 radical (unpaired) electrons. The lowest BCUT2D eigenvalue weighted by atomic mass is 10.1. The van der Waals surface area contributed by atoms with Crippen molar-refractivity contribution in [2.75, 3.05) is 20.3 Å². The Labute approximate surface area is 102 Å². The molecule has 0 amide bonds. The fourth-order valence-electron chi connectivity index (χ4n) is 2.28. The summed E-state index contributed by atoms with van der Waals surface area (Å²) in [5.41, 5.74) is 0. The van der Waals surface area contributed by atoms with Gasteiger partial charge >= 0.3 is 0 Å². The largest absolute Gasteiger partial charge is 0.462 e. The Balaban J connectivity index is 2.07. The number of furan rings is 1. The minimum Gasteiger partial charge on any atom is -0.462 e. The van der Waals surface area contributed by atoms with Crippen molar-refractivity contribution in [3.63, 3.8) is 0 Å². The van der Waals surface area contributed by atoms with Gasteiger partial charge in [-0.15, -0.1) is 0 Å². The zero-order chi connectivity index (χ0) is 12.1. The average molecular weight is 239 g/mol. The number of hydrogen-bond acceptors (Lipinski definition) is 4. The van der Waals surface area contributed by atoms with Crippen LogP contribution in [0.1, 0.15) is 37.3 Å². The zero-order valence-electron chi connectivity index (χ0n) is 10.6. The topological polar surface area (TPSA) is 43.6 Å². The third kappa shape index (κ3) is 3.09. The summed E-state index contributed by atoms with van der Waals surface area (Å²) in [5.74, 6) is 1.81. The third-order valence-corrected chi connectivity index (χ3v) is 3.04. The smallest absolute Gasteiger partial charge is 0.129 e. The van der Waals surface area contributed by atoms with Gasteiger partial charge in [0, 0.05) is 13.7 Å². The summed E-state index contributed by atoms with van der Waals surface area (Å²) >= 11 is 0. The second-order valence-electron chi connectivity index (χ2n) is 4.32. The van der Waals surface area contributed by atoms with Gasteiger partial charge in [0.1, 0.15) is 18.1 Å². The molecule has 17 heavy (non-hydrogen) atoms. The molecule has 1 aromatic rings. The summed E-state index contributed by atoms with van der Waals surface area (Å²) in [6, 6.07) is 4.15. The van der Waals surface area contributed by atoms with Crippen molar-refractivity contribution in [2.45, 2.75) is 38.5 Å². The van der Waals surface area contributed by atoms with Crippen molar-refractivity contribution in [1.82, 2.24) is 5.32 Å². The first-order valence-electron chi connectivity index (χ1n) is 6.27. The summed E-state index contributed by atoms with van der Waals surface area (Å²) in [4.78, 5) is 0. The number of nitrogens with one attached hydrogen (secondary N) is 1. The van der Waals surface area contributed by atoms with Crippen LogP contribution in [0.15, 0.2) is 16.5 Å². The third-order valence-electron chi connectivity index (χ3n) is 3.04. The van der Waals surface area contributed by atoms with Gasteiger partial charge in [-0.25, -0.2) is 0 Å². The lowest BCUT2D eigenvalue weighted by Crippen LogP contribution is -2.31. The quantitative estimate of drug-likeness (QED) is 0.827. The first kappa shape index (κ1) is 12.6. The standard InChI is InChI=1S/C13H21NO3/c1-3-14-13(11-5-4-8-16-11)12-7-6-10(17-12)9-15-2/h6-7,11,13-14H,3-5,8-9H2,1-2H3. The van der Waals surface area contributed by atoms with Crippen LogP contribution in [0.5, 0.6) is 0 Å². The molecule has 2 rings (SSSR count). The molecule has 0 aliphatic carbocycles. The van der Waals surface area contributed by atoms with Gasteiger partial charge in [-0.2, -0.15) is 0 Å². The minimum atomic E-state index is 0.160. The van der Waals surface area contributed by atoms with Crippen molar-refractivity contribution in [2.24, 2.45) is 0 Å². The van der Waals surface area contributed by atoms with Gasteiger partial charge in [0.05, 0.1) is 12.1 Å². The van der Waals surface area contributed by atoms with E-state index in [0.717, 1.165) is 37.5 Å². The van der Waals surface area contributed by atoms with Gasteiger partial charge < -0.3 is 19.2 Å². The highest BCUT2D eigenvalue weighted by molar-refractivity contribution is 5.12. The molecule has 1 N–H and O–H groups in total.